The van der Waals surface area contributed by atoms with Crippen LogP contribution in [0.3, 0.4) is 0 Å². The van der Waals surface area contributed by atoms with Gasteiger partial charge in [-0.15, -0.1) is 13.2 Å². The average Bonchev–Trinajstić information content (AvgIpc) is 2.81. The van der Waals surface area contributed by atoms with E-state index >= 15 is 0 Å². The SMILES string of the molecule is CN(C(CCn1c(=O)ccn(C(F)(F)F)c1=O)C(=O)O)S(=O)(=O)c1ccc(Oc2ccccc2)cc1. The maximum absolute atomic E-state index is 13.0. The van der Waals surface area contributed by atoms with E-state index in [1.807, 2.05) is 0 Å². The first-order valence-corrected chi connectivity index (χ1v) is 11.7. The van der Waals surface area contributed by atoms with Crippen LogP contribution in [0.25, 0.3) is 0 Å². The molecule has 0 spiro atoms. The van der Waals surface area contributed by atoms with Gasteiger partial charge in [-0.1, -0.05) is 18.2 Å². The molecule has 0 bridgehead atoms. The molecular weight excluding hydrogens is 507 g/mol. The number of aromatic nitrogens is 2. The normalized spacial score (nSPS) is 12.9. The summed E-state index contributed by atoms with van der Waals surface area (Å²) in [5.41, 5.74) is -2.82. The van der Waals surface area contributed by atoms with Gasteiger partial charge in [0.25, 0.3) is 5.56 Å². The molecule has 1 N–H and O–H groups in total. The lowest BCUT2D eigenvalue weighted by atomic mass is 10.2. The minimum atomic E-state index is -5.10. The number of carbonyl (C=O) groups is 1. The fourth-order valence-corrected chi connectivity index (χ4v) is 4.61. The fourth-order valence-electron chi connectivity index (χ4n) is 3.27. The molecule has 14 heteroatoms. The van der Waals surface area contributed by atoms with Crippen molar-refractivity contribution in [3.05, 3.63) is 87.7 Å². The first-order chi connectivity index (χ1) is 16.8. The van der Waals surface area contributed by atoms with Gasteiger partial charge in [0.15, 0.2) is 0 Å². The minimum Gasteiger partial charge on any atom is -0.480 e. The molecule has 2 aromatic carbocycles. The van der Waals surface area contributed by atoms with E-state index in [0.29, 0.717) is 21.9 Å². The summed E-state index contributed by atoms with van der Waals surface area (Å²) in [7, 11) is -3.41. The van der Waals surface area contributed by atoms with Gasteiger partial charge in [-0.05, 0) is 42.8 Å². The molecular formula is C22H20F3N3O7S. The van der Waals surface area contributed by atoms with Gasteiger partial charge in [0.2, 0.25) is 10.0 Å². The number of ether oxygens (including phenoxy) is 1. The van der Waals surface area contributed by atoms with Crippen LogP contribution in [0.1, 0.15) is 6.42 Å². The molecule has 3 rings (SSSR count). The number of halogens is 3. The van der Waals surface area contributed by atoms with Crippen molar-refractivity contribution in [3.63, 3.8) is 0 Å². The first kappa shape index (κ1) is 26.7. The summed E-state index contributed by atoms with van der Waals surface area (Å²) < 4.78 is 70.6. The molecule has 0 saturated heterocycles. The number of rotatable bonds is 9. The predicted octanol–water partition coefficient (Wildman–Crippen LogP) is 2.44. The second-order valence-electron chi connectivity index (χ2n) is 7.48. The lowest BCUT2D eigenvalue weighted by Crippen LogP contribution is -2.46. The van der Waals surface area contributed by atoms with Gasteiger partial charge in [0, 0.05) is 25.9 Å². The summed E-state index contributed by atoms with van der Waals surface area (Å²) in [4.78, 5) is 35.6. The van der Waals surface area contributed by atoms with Gasteiger partial charge in [0.05, 0.1) is 4.90 Å². The van der Waals surface area contributed by atoms with E-state index < -0.39 is 57.1 Å². The molecule has 36 heavy (non-hydrogen) atoms. The van der Waals surface area contributed by atoms with E-state index in [2.05, 4.69) is 0 Å². The molecule has 1 unspecified atom stereocenters. The predicted molar refractivity (Wildman–Crippen MR) is 120 cm³/mol. The van der Waals surface area contributed by atoms with Crippen molar-refractivity contribution in [3.8, 4) is 11.5 Å². The van der Waals surface area contributed by atoms with Crippen molar-refractivity contribution in [1.29, 1.82) is 0 Å². The van der Waals surface area contributed by atoms with Crippen molar-refractivity contribution >= 4 is 16.0 Å². The van der Waals surface area contributed by atoms with Crippen LogP contribution in [0.2, 0.25) is 0 Å². The topological polar surface area (TPSA) is 128 Å². The summed E-state index contributed by atoms with van der Waals surface area (Å²) in [6.07, 6.45) is -5.50. The third kappa shape index (κ3) is 5.83. The first-order valence-electron chi connectivity index (χ1n) is 10.3. The number of aliphatic carboxylic acids is 1. The number of hydrogen-bond donors (Lipinski definition) is 1. The Morgan fingerprint density at radius 2 is 1.61 bits per heavy atom. The van der Waals surface area contributed by atoms with Gasteiger partial charge >= 0.3 is 18.0 Å². The van der Waals surface area contributed by atoms with Crippen LogP contribution in [0.5, 0.6) is 11.5 Å². The highest BCUT2D eigenvalue weighted by Crippen LogP contribution is 2.25. The Morgan fingerprint density at radius 3 is 2.17 bits per heavy atom. The second-order valence-corrected chi connectivity index (χ2v) is 9.47. The Morgan fingerprint density at radius 1 is 1.03 bits per heavy atom. The van der Waals surface area contributed by atoms with Crippen LogP contribution >= 0.6 is 0 Å². The number of benzene rings is 2. The Bertz CT molecular complexity index is 1450. The van der Waals surface area contributed by atoms with E-state index in [9.17, 15) is 41.1 Å². The molecule has 0 aliphatic rings. The van der Waals surface area contributed by atoms with Gasteiger partial charge in [-0.3, -0.25) is 14.2 Å². The van der Waals surface area contributed by atoms with E-state index in [1.165, 1.54) is 24.3 Å². The van der Waals surface area contributed by atoms with Crippen LogP contribution in [0, 0.1) is 0 Å². The van der Waals surface area contributed by atoms with Gasteiger partial charge in [0.1, 0.15) is 17.5 Å². The van der Waals surface area contributed by atoms with E-state index in [0.717, 1.165) is 7.05 Å². The number of carboxylic acids is 1. The van der Waals surface area contributed by atoms with Gasteiger partial charge in [-0.2, -0.15) is 4.31 Å². The Balaban J connectivity index is 1.82. The molecule has 0 saturated carbocycles. The van der Waals surface area contributed by atoms with Crippen LogP contribution < -0.4 is 16.0 Å². The summed E-state index contributed by atoms with van der Waals surface area (Å²) in [5.74, 6) is -0.788. The molecule has 0 amide bonds. The van der Waals surface area contributed by atoms with Crippen molar-refractivity contribution in [2.45, 2.75) is 30.2 Å². The summed E-state index contributed by atoms with van der Waals surface area (Å²) in [5, 5.41) is 9.59. The lowest BCUT2D eigenvalue weighted by molar-refractivity contribution is -0.207. The largest absolute Gasteiger partial charge is 0.492 e. The Hall–Kier alpha value is -3.91. The number of nitrogens with zero attached hydrogens (tertiary/aromatic N) is 3. The monoisotopic (exact) mass is 527 g/mol. The van der Waals surface area contributed by atoms with Crippen molar-refractivity contribution in [2.24, 2.45) is 0 Å². The maximum atomic E-state index is 13.0. The Kier molecular flexibility index (Phi) is 7.69. The number of sulfonamides is 1. The molecule has 1 atom stereocenters. The van der Waals surface area contributed by atoms with Crippen LogP contribution in [-0.4, -0.2) is 46.0 Å². The highest BCUT2D eigenvalue weighted by Gasteiger charge is 2.35. The third-order valence-electron chi connectivity index (χ3n) is 5.17. The second kappa shape index (κ2) is 10.4. The highest BCUT2D eigenvalue weighted by atomic mass is 32.2. The zero-order chi connectivity index (χ0) is 26.7. The molecule has 0 aliphatic carbocycles. The molecule has 3 aromatic rings. The van der Waals surface area contributed by atoms with Gasteiger partial charge < -0.3 is 9.84 Å². The number of likely N-dealkylation sites (N-methyl/N-ethyl adjacent to an activating group) is 1. The van der Waals surface area contributed by atoms with Crippen LogP contribution in [0.15, 0.2) is 81.3 Å². The Labute approximate surface area is 202 Å². The zero-order valence-electron chi connectivity index (χ0n) is 18.6. The molecule has 192 valence electrons. The quantitative estimate of drug-likeness (QED) is 0.453. The zero-order valence-corrected chi connectivity index (χ0v) is 19.4. The smallest absolute Gasteiger partial charge is 0.480 e. The maximum Gasteiger partial charge on any atom is 0.492 e. The lowest BCUT2D eigenvalue weighted by Gasteiger charge is -2.24. The summed E-state index contributed by atoms with van der Waals surface area (Å²) >= 11 is 0. The van der Waals surface area contributed by atoms with E-state index in [-0.39, 0.29) is 15.7 Å². The van der Waals surface area contributed by atoms with Crippen LogP contribution in [-0.2, 0) is 27.7 Å². The minimum absolute atomic E-state index is 0.194. The van der Waals surface area contributed by atoms with Crippen LogP contribution in [0.4, 0.5) is 13.2 Å². The highest BCUT2D eigenvalue weighted by molar-refractivity contribution is 7.89. The van der Waals surface area contributed by atoms with Gasteiger partial charge in [-0.25, -0.2) is 17.8 Å². The number of para-hydroxylation sites is 1. The summed E-state index contributed by atoms with van der Waals surface area (Å²) in [6, 6.07) is 12.5. The van der Waals surface area contributed by atoms with Crippen molar-refractivity contribution < 1.29 is 36.2 Å². The molecule has 0 aliphatic heterocycles. The number of alkyl halides is 3. The fraction of sp³-hybridized carbons (Fsp3) is 0.227. The number of hydrogen-bond acceptors (Lipinski definition) is 6. The van der Waals surface area contributed by atoms with E-state index in [4.69, 9.17) is 4.74 Å². The summed E-state index contributed by atoms with van der Waals surface area (Å²) in [6.45, 7) is -0.769. The number of carboxylic acid groups (broad SMARTS) is 1. The molecule has 1 heterocycles. The average molecular weight is 527 g/mol. The van der Waals surface area contributed by atoms with Crippen molar-refractivity contribution in [2.75, 3.05) is 7.05 Å². The molecule has 10 nitrogen and oxygen atoms in total. The molecule has 1 aromatic heterocycles. The third-order valence-corrected chi connectivity index (χ3v) is 7.05. The van der Waals surface area contributed by atoms with Crippen molar-refractivity contribution in [1.82, 2.24) is 13.4 Å². The van der Waals surface area contributed by atoms with E-state index in [1.54, 1.807) is 30.3 Å². The molecule has 0 fully saturated rings. The standard InChI is InChI=1S/C22H20F3N3O7S/c1-26(36(33,34)17-9-7-16(8-10-17)35-15-5-3-2-4-6-15)18(20(30)31)11-13-27-19(29)12-14-28(21(27)32)22(23,24)25/h2-10,12,14,18H,11,13H2,1H3,(H,30,31). The molecule has 0 radical (unpaired) electrons.